The minimum absolute atomic E-state index is 0.361. The van der Waals surface area contributed by atoms with Gasteiger partial charge >= 0.3 is 6.03 Å². The van der Waals surface area contributed by atoms with Gasteiger partial charge in [0.1, 0.15) is 5.82 Å². The van der Waals surface area contributed by atoms with Gasteiger partial charge in [0, 0.05) is 10.7 Å². The Kier molecular flexibility index (Phi) is 3.45. The van der Waals surface area contributed by atoms with Gasteiger partial charge in [-0.1, -0.05) is 22.5 Å². The van der Waals surface area contributed by atoms with Crippen LogP contribution in [0.3, 0.4) is 0 Å². The molecule has 0 aliphatic heterocycles. The van der Waals surface area contributed by atoms with Crippen LogP contribution in [-0.4, -0.2) is 11.0 Å². The van der Waals surface area contributed by atoms with E-state index in [1.54, 1.807) is 18.3 Å². The van der Waals surface area contributed by atoms with E-state index >= 15 is 0 Å². The number of hydrogen-bond acceptors (Lipinski definition) is 2. The quantitative estimate of drug-likeness (QED) is 0.834. The van der Waals surface area contributed by atoms with Crippen LogP contribution >= 0.6 is 15.9 Å². The first-order valence-electron chi connectivity index (χ1n) is 3.52. The molecule has 1 aromatic heterocycles. The second kappa shape index (κ2) is 4.61. The highest BCUT2D eigenvalue weighted by atomic mass is 79.9. The third-order valence-corrected chi connectivity index (χ3v) is 1.69. The van der Waals surface area contributed by atoms with Crippen molar-refractivity contribution >= 4 is 27.8 Å². The molecule has 0 unspecified atom stereocenters. The van der Waals surface area contributed by atoms with Gasteiger partial charge in [-0.05, 0) is 18.3 Å². The topological polar surface area (TPSA) is 54.0 Å². The third-order valence-electron chi connectivity index (χ3n) is 1.20. The Morgan fingerprint density at radius 2 is 2.46 bits per heavy atom. The molecule has 0 saturated heterocycles. The number of rotatable bonds is 2. The van der Waals surface area contributed by atoms with Gasteiger partial charge in [-0.3, -0.25) is 5.32 Å². The van der Waals surface area contributed by atoms with E-state index in [0.29, 0.717) is 5.82 Å². The molecule has 0 fully saturated rings. The Morgan fingerprint density at radius 1 is 1.69 bits per heavy atom. The molecule has 0 atom stereocenters. The Bertz CT molecular complexity index is 327. The van der Waals surface area contributed by atoms with Crippen molar-refractivity contribution in [1.82, 2.24) is 10.3 Å². The number of halogens is 1. The number of urea groups is 1. The van der Waals surface area contributed by atoms with E-state index < -0.39 is 0 Å². The summed E-state index contributed by atoms with van der Waals surface area (Å²) in [6, 6.07) is 3.11. The first-order chi connectivity index (χ1) is 6.22. The standard InChI is InChI=1S/C8H8BrN3O/c1-2-10-8(13)12-7-5-6(9)3-4-11-7/h2-5H,1H2,(H2,10,11,12,13). The normalized spacial score (nSPS) is 9.00. The lowest BCUT2D eigenvalue weighted by Crippen LogP contribution is -2.23. The number of hydrogen-bond donors (Lipinski definition) is 2. The van der Waals surface area contributed by atoms with E-state index in [2.05, 4.69) is 38.1 Å². The van der Waals surface area contributed by atoms with Gasteiger partial charge in [-0.25, -0.2) is 9.78 Å². The highest BCUT2D eigenvalue weighted by Crippen LogP contribution is 2.12. The number of nitrogens with zero attached hydrogens (tertiary/aromatic N) is 1. The maximum absolute atomic E-state index is 11.0. The fraction of sp³-hybridized carbons (Fsp3) is 0. The Labute approximate surface area is 84.2 Å². The first kappa shape index (κ1) is 9.73. The fourth-order valence-corrected chi connectivity index (χ4v) is 1.05. The number of nitrogens with one attached hydrogen (secondary N) is 2. The van der Waals surface area contributed by atoms with Gasteiger partial charge in [0.2, 0.25) is 0 Å². The first-order valence-corrected chi connectivity index (χ1v) is 4.31. The van der Waals surface area contributed by atoms with Crippen molar-refractivity contribution in [3.63, 3.8) is 0 Å². The second-order valence-corrected chi connectivity index (χ2v) is 3.08. The van der Waals surface area contributed by atoms with Gasteiger partial charge in [0.25, 0.3) is 0 Å². The molecule has 0 spiro atoms. The zero-order valence-electron chi connectivity index (χ0n) is 6.75. The molecule has 2 amide bonds. The van der Waals surface area contributed by atoms with Gasteiger partial charge in [0.15, 0.2) is 0 Å². The molecule has 13 heavy (non-hydrogen) atoms. The molecule has 0 aliphatic rings. The van der Waals surface area contributed by atoms with Crippen molar-refractivity contribution in [2.75, 3.05) is 5.32 Å². The summed E-state index contributed by atoms with van der Waals surface area (Å²) < 4.78 is 0.858. The number of amides is 2. The summed E-state index contributed by atoms with van der Waals surface area (Å²) in [4.78, 5) is 14.9. The lowest BCUT2D eigenvalue weighted by molar-refractivity contribution is 0.255. The van der Waals surface area contributed by atoms with E-state index in [-0.39, 0.29) is 6.03 Å². The lowest BCUT2D eigenvalue weighted by atomic mass is 10.5. The summed E-state index contributed by atoms with van der Waals surface area (Å²) >= 11 is 3.26. The molecular weight excluding hydrogens is 234 g/mol. The zero-order valence-corrected chi connectivity index (χ0v) is 8.34. The molecule has 1 aromatic rings. The van der Waals surface area contributed by atoms with Crippen molar-refractivity contribution in [3.8, 4) is 0 Å². The van der Waals surface area contributed by atoms with Gasteiger partial charge in [-0.15, -0.1) is 0 Å². The molecule has 2 N–H and O–H groups in total. The van der Waals surface area contributed by atoms with Crippen molar-refractivity contribution in [3.05, 3.63) is 35.6 Å². The second-order valence-electron chi connectivity index (χ2n) is 2.16. The monoisotopic (exact) mass is 241 g/mol. The Hall–Kier alpha value is -1.36. The number of pyridine rings is 1. The average Bonchev–Trinajstić information content (AvgIpc) is 2.04. The van der Waals surface area contributed by atoms with Crippen LogP contribution < -0.4 is 10.6 Å². The Balaban J connectivity index is 2.63. The van der Waals surface area contributed by atoms with Crippen molar-refractivity contribution < 1.29 is 4.79 Å². The highest BCUT2D eigenvalue weighted by Gasteiger charge is 1.99. The largest absolute Gasteiger partial charge is 0.324 e. The molecule has 0 bridgehead atoms. The van der Waals surface area contributed by atoms with E-state index in [1.807, 2.05) is 0 Å². The molecule has 0 radical (unpaired) electrons. The minimum atomic E-state index is -0.361. The van der Waals surface area contributed by atoms with Gasteiger partial charge < -0.3 is 5.32 Å². The highest BCUT2D eigenvalue weighted by molar-refractivity contribution is 9.10. The van der Waals surface area contributed by atoms with Crippen molar-refractivity contribution in [2.24, 2.45) is 0 Å². The van der Waals surface area contributed by atoms with Crippen molar-refractivity contribution in [2.45, 2.75) is 0 Å². The number of aromatic nitrogens is 1. The minimum Gasteiger partial charge on any atom is -0.315 e. The van der Waals surface area contributed by atoms with Crippen LogP contribution in [0.25, 0.3) is 0 Å². The summed E-state index contributed by atoms with van der Waals surface area (Å²) in [5.74, 6) is 0.480. The summed E-state index contributed by atoms with van der Waals surface area (Å²) in [5.41, 5.74) is 0. The zero-order chi connectivity index (χ0) is 9.68. The molecule has 4 nitrogen and oxygen atoms in total. The van der Waals surface area contributed by atoms with Crippen LogP contribution in [-0.2, 0) is 0 Å². The summed E-state index contributed by atoms with van der Waals surface area (Å²) in [5, 5.41) is 4.89. The summed E-state index contributed by atoms with van der Waals surface area (Å²) in [7, 11) is 0. The lowest BCUT2D eigenvalue weighted by Gasteiger charge is -2.02. The molecule has 0 aliphatic carbocycles. The van der Waals surface area contributed by atoms with Crippen LogP contribution in [0.2, 0.25) is 0 Å². The molecule has 0 saturated carbocycles. The van der Waals surface area contributed by atoms with Crippen LogP contribution in [0.5, 0.6) is 0 Å². The van der Waals surface area contributed by atoms with Crippen molar-refractivity contribution in [1.29, 1.82) is 0 Å². The fourth-order valence-electron chi connectivity index (χ4n) is 0.718. The van der Waals surface area contributed by atoms with Crippen LogP contribution in [0, 0.1) is 0 Å². The molecular formula is C8H8BrN3O. The Morgan fingerprint density at radius 3 is 3.08 bits per heavy atom. The van der Waals surface area contributed by atoms with Crippen LogP contribution in [0.15, 0.2) is 35.6 Å². The molecule has 1 rings (SSSR count). The smallest absolute Gasteiger partial charge is 0.315 e. The van der Waals surface area contributed by atoms with E-state index in [9.17, 15) is 4.79 Å². The molecule has 5 heteroatoms. The molecule has 0 aromatic carbocycles. The number of carbonyl (C=O) groups is 1. The SMILES string of the molecule is C=CNC(=O)Nc1cc(Br)ccn1. The summed E-state index contributed by atoms with van der Waals surface area (Å²) in [6.45, 7) is 3.36. The van der Waals surface area contributed by atoms with E-state index in [4.69, 9.17) is 0 Å². The number of anilines is 1. The van der Waals surface area contributed by atoms with E-state index in [1.165, 1.54) is 6.20 Å². The molecule has 1 heterocycles. The number of carbonyl (C=O) groups excluding carboxylic acids is 1. The molecule has 68 valence electrons. The predicted octanol–water partition coefficient (Wildman–Crippen LogP) is 2.11. The average molecular weight is 242 g/mol. The predicted molar refractivity (Wildman–Crippen MR) is 54.3 cm³/mol. The maximum Gasteiger partial charge on any atom is 0.324 e. The maximum atomic E-state index is 11.0. The van der Waals surface area contributed by atoms with Crippen LogP contribution in [0.1, 0.15) is 0 Å². The van der Waals surface area contributed by atoms with Crippen LogP contribution in [0.4, 0.5) is 10.6 Å². The summed E-state index contributed by atoms with van der Waals surface area (Å²) in [6.07, 6.45) is 2.89. The van der Waals surface area contributed by atoms with E-state index in [0.717, 1.165) is 4.47 Å². The third kappa shape index (κ3) is 3.25. The van der Waals surface area contributed by atoms with Gasteiger partial charge in [-0.2, -0.15) is 0 Å². The van der Waals surface area contributed by atoms with Gasteiger partial charge in [0.05, 0.1) is 0 Å².